The van der Waals surface area contributed by atoms with Crippen LogP contribution in [0.3, 0.4) is 0 Å². The molecule has 0 saturated carbocycles. The summed E-state index contributed by atoms with van der Waals surface area (Å²) in [6.45, 7) is 5.68. The van der Waals surface area contributed by atoms with E-state index in [1.54, 1.807) is 14.2 Å². The van der Waals surface area contributed by atoms with E-state index >= 15 is 0 Å². The van der Waals surface area contributed by atoms with Crippen LogP contribution in [0.1, 0.15) is 25.5 Å². The largest absolute Gasteiger partial charge is 0.383 e. The Morgan fingerprint density at radius 3 is 2.80 bits per heavy atom. The van der Waals surface area contributed by atoms with Crippen molar-refractivity contribution in [3.05, 3.63) is 23.8 Å². The average Bonchev–Trinajstić information content (AvgIpc) is 2.65. The minimum absolute atomic E-state index is 0.246. The van der Waals surface area contributed by atoms with E-state index in [1.165, 1.54) is 4.90 Å². The molecule has 0 saturated heterocycles. The normalized spacial score (nSPS) is 19.1. The van der Waals surface area contributed by atoms with Crippen molar-refractivity contribution in [2.45, 2.75) is 26.0 Å². The van der Waals surface area contributed by atoms with E-state index in [0.717, 1.165) is 17.9 Å². The van der Waals surface area contributed by atoms with Crippen molar-refractivity contribution in [1.29, 1.82) is 0 Å². The molecule has 2 atom stereocenters. The number of aliphatic hydroxyl groups is 1. The fourth-order valence-electron chi connectivity index (χ4n) is 2.75. The highest BCUT2D eigenvalue weighted by Gasteiger charge is 2.34. The van der Waals surface area contributed by atoms with E-state index in [2.05, 4.69) is 18.7 Å². The van der Waals surface area contributed by atoms with E-state index in [0.29, 0.717) is 12.2 Å². The predicted octanol–water partition coefficient (Wildman–Crippen LogP) is 1.56. The number of hydrogen-bond donors (Lipinski definition) is 1. The topological polar surface area (TPSA) is 53.0 Å². The van der Waals surface area contributed by atoms with Crippen molar-refractivity contribution in [3.63, 3.8) is 0 Å². The molecule has 0 spiro atoms. The van der Waals surface area contributed by atoms with Gasteiger partial charge in [-0.15, -0.1) is 0 Å². The predicted molar refractivity (Wildman–Crippen MR) is 79.2 cm³/mol. The van der Waals surface area contributed by atoms with E-state index in [9.17, 15) is 9.90 Å². The van der Waals surface area contributed by atoms with Crippen LogP contribution in [-0.4, -0.2) is 44.4 Å². The van der Waals surface area contributed by atoms with Crippen LogP contribution >= 0.6 is 0 Å². The number of likely N-dealkylation sites (N-methyl/N-ethyl adjacent to an activating group) is 2. The van der Waals surface area contributed by atoms with Gasteiger partial charge in [-0.2, -0.15) is 0 Å². The SMILES string of the molecule is CCN(c1ccc2c(c1)N(C)C(=O)C2O)C(C)COC. The molecule has 0 aliphatic carbocycles. The molecule has 0 radical (unpaired) electrons. The smallest absolute Gasteiger partial charge is 0.260 e. The van der Waals surface area contributed by atoms with Crippen molar-refractivity contribution in [1.82, 2.24) is 0 Å². The summed E-state index contributed by atoms with van der Waals surface area (Å²) in [7, 11) is 3.38. The van der Waals surface area contributed by atoms with Gasteiger partial charge in [-0.1, -0.05) is 6.07 Å². The first-order valence-corrected chi connectivity index (χ1v) is 6.86. The van der Waals surface area contributed by atoms with E-state index < -0.39 is 6.10 Å². The Morgan fingerprint density at radius 1 is 1.50 bits per heavy atom. The Bertz CT molecular complexity index is 504. The summed E-state index contributed by atoms with van der Waals surface area (Å²) in [4.78, 5) is 15.5. The van der Waals surface area contributed by atoms with Gasteiger partial charge in [0.15, 0.2) is 6.10 Å². The number of rotatable bonds is 5. The van der Waals surface area contributed by atoms with Crippen molar-refractivity contribution in [2.24, 2.45) is 0 Å². The highest BCUT2D eigenvalue weighted by atomic mass is 16.5. The van der Waals surface area contributed by atoms with Gasteiger partial charge in [-0.3, -0.25) is 4.79 Å². The van der Waals surface area contributed by atoms with E-state index in [1.807, 2.05) is 18.2 Å². The number of amides is 1. The molecule has 1 N–H and O–H groups in total. The van der Waals surface area contributed by atoms with Crippen LogP contribution in [0.4, 0.5) is 11.4 Å². The Morgan fingerprint density at radius 2 is 2.20 bits per heavy atom. The molecule has 2 unspecified atom stereocenters. The van der Waals surface area contributed by atoms with Gasteiger partial charge in [-0.25, -0.2) is 0 Å². The van der Waals surface area contributed by atoms with Gasteiger partial charge in [0.2, 0.25) is 0 Å². The molecule has 2 rings (SSSR count). The van der Waals surface area contributed by atoms with Gasteiger partial charge in [0.1, 0.15) is 0 Å². The van der Waals surface area contributed by atoms with Crippen molar-refractivity contribution < 1.29 is 14.6 Å². The molecule has 1 aliphatic rings. The molecule has 1 aliphatic heterocycles. The number of carbonyl (C=O) groups is 1. The van der Waals surface area contributed by atoms with E-state index in [-0.39, 0.29) is 11.9 Å². The molecule has 5 nitrogen and oxygen atoms in total. The molecular formula is C15H22N2O3. The lowest BCUT2D eigenvalue weighted by Crippen LogP contribution is -2.36. The third kappa shape index (κ3) is 2.39. The zero-order valence-corrected chi connectivity index (χ0v) is 12.5. The van der Waals surface area contributed by atoms with Gasteiger partial charge in [0, 0.05) is 38.0 Å². The molecule has 1 aromatic carbocycles. The van der Waals surface area contributed by atoms with Crippen molar-refractivity contribution in [2.75, 3.05) is 37.1 Å². The van der Waals surface area contributed by atoms with Crippen LogP contribution in [0.2, 0.25) is 0 Å². The third-order valence-corrected chi connectivity index (χ3v) is 3.85. The van der Waals surface area contributed by atoms with Gasteiger partial charge < -0.3 is 19.6 Å². The number of methoxy groups -OCH3 is 1. The van der Waals surface area contributed by atoms with Crippen LogP contribution in [0.25, 0.3) is 0 Å². The van der Waals surface area contributed by atoms with E-state index in [4.69, 9.17) is 4.74 Å². The Balaban J connectivity index is 2.34. The number of fused-ring (bicyclic) bond motifs is 1. The maximum Gasteiger partial charge on any atom is 0.260 e. The highest BCUT2D eigenvalue weighted by Crippen LogP contribution is 2.37. The molecule has 1 heterocycles. The molecule has 5 heteroatoms. The summed E-state index contributed by atoms with van der Waals surface area (Å²) >= 11 is 0. The first kappa shape index (κ1) is 14.8. The second-order valence-corrected chi connectivity index (χ2v) is 5.13. The van der Waals surface area contributed by atoms with Gasteiger partial charge in [0.25, 0.3) is 5.91 Å². The quantitative estimate of drug-likeness (QED) is 0.888. The monoisotopic (exact) mass is 278 g/mol. The molecule has 0 fully saturated rings. The number of anilines is 2. The average molecular weight is 278 g/mol. The number of nitrogens with zero attached hydrogens (tertiary/aromatic N) is 2. The molecule has 0 bridgehead atoms. The van der Waals surface area contributed by atoms with Crippen LogP contribution in [0.5, 0.6) is 0 Å². The molecule has 1 amide bonds. The molecular weight excluding hydrogens is 256 g/mol. The number of carbonyl (C=O) groups excluding carboxylic acids is 1. The van der Waals surface area contributed by atoms with Gasteiger partial charge in [0.05, 0.1) is 12.3 Å². The molecule has 110 valence electrons. The first-order valence-electron chi connectivity index (χ1n) is 6.86. The molecule has 1 aromatic rings. The first-order chi connectivity index (χ1) is 9.51. The molecule has 20 heavy (non-hydrogen) atoms. The molecule has 0 aromatic heterocycles. The Hall–Kier alpha value is -1.59. The maximum absolute atomic E-state index is 11.8. The Labute approximate surface area is 119 Å². The van der Waals surface area contributed by atoms with Crippen molar-refractivity contribution in [3.8, 4) is 0 Å². The van der Waals surface area contributed by atoms with Gasteiger partial charge in [-0.05, 0) is 26.0 Å². The standard InChI is InChI=1S/C15H22N2O3/c1-5-17(10(2)9-20-4)11-6-7-12-13(8-11)16(3)15(19)14(12)18/h6-8,10,14,18H,5,9H2,1-4H3. The zero-order chi connectivity index (χ0) is 14.9. The lowest BCUT2D eigenvalue weighted by atomic mass is 10.1. The number of aliphatic hydroxyl groups excluding tert-OH is 1. The maximum atomic E-state index is 11.8. The summed E-state index contributed by atoms with van der Waals surface area (Å²) in [5, 5.41) is 9.88. The second kappa shape index (κ2) is 5.81. The lowest BCUT2D eigenvalue weighted by molar-refractivity contribution is -0.125. The minimum atomic E-state index is -1.03. The lowest BCUT2D eigenvalue weighted by Gasteiger charge is -2.30. The summed E-state index contributed by atoms with van der Waals surface area (Å²) in [6, 6.07) is 5.98. The fourth-order valence-corrected chi connectivity index (χ4v) is 2.75. The summed E-state index contributed by atoms with van der Waals surface area (Å²) in [6.07, 6.45) is -1.03. The number of hydrogen-bond acceptors (Lipinski definition) is 4. The zero-order valence-electron chi connectivity index (χ0n) is 12.5. The fraction of sp³-hybridized carbons (Fsp3) is 0.533. The summed E-state index contributed by atoms with van der Waals surface area (Å²) < 4.78 is 5.21. The number of benzene rings is 1. The van der Waals surface area contributed by atoms with Crippen molar-refractivity contribution >= 4 is 17.3 Å². The van der Waals surface area contributed by atoms with Gasteiger partial charge >= 0.3 is 0 Å². The summed E-state index contributed by atoms with van der Waals surface area (Å²) in [5.41, 5.74) is 2.49. The highest BCUT2D eigenvalue weighted by molar-refractivity contribution is 6.03. The number of ether oxygens (including phenoxy) is 1. The second-order valence-electron chi connectivity index (χ2n) is 5.13. The minimum Gasteiger partial charge on any atom is -0.383 e. The Kier molecular flexibility index (Phi) is 4.30. The van der Waals surface area contributed by atoms with Crippen LogP contribution in [0, 0.1) is 0 Å². The van der Waals surface area contributed by atoms with Crippen LogP contribution in [-0.2, 0) is 9.53 Å². The van der Waals surface area contributed by atoms with Crippen LogP contribution in [0.15, 0.2) is 18.2 Å². The summed E-state index contributed by atoms with van der Waals surface area (Å²) in [5.74, 6) is -0.273. The van der Waals surface area contributed by atoms with Crippen LogP contribution < -0.4 is 9.80 Å². The third-order valence-electron chi connectivity index (χ3n) is 3.85.